The fourth-order valence-corrected chi connectivity index (χ4v) is 2.90. The van der Waals surface area contributed by atoms with Crippen LogP contribution < -0.4 is 0 Å². The van der Waals surface area contributed by atoms with Crippen molar-refractivity contribution in [2.24, 2.45) is 0 Å². The second-order valence-electron chi connectivity index (χ2n) is 5.91. The van der Waals surface area contributed by atoms with Crippen LogP contribution in [-0.4, -0.2) is 20.2 Å². The summed E-state index contributed by atoms with van der Waals surface area (Å²) in [6, 6.07) is 20.9. The molecule has 1 aromatic heterocycles. The molecule has 4 nitrogen and oxygen atoms in total. The number of aryl methyl sites for hydroxylation is 1. The van der Waals surface area contributed by atoms with Crippen molar-refractivity contribution < 1.29 is 10.2 Å². The van der Waals surface area contributed by atoms with Gasteiger partial charge in [-0.05, 0) is 18.6 Å². The van der Waals surface area contributed by atoms with E-state index in [4.69, 9.17) is 0 Å². The molecule has 0 unspecified atom stereocenters. The molecule has 0 saturated heterocycles. The normalized spacial score (nSPS) is 10.9. The lowest BCUT2D eigenvalue weighted by molar-refractivity contribution is 0.464. The molecule has 0 atom stereocenters. The van der Waals surface area contributed by atoms with E-state index in [1.54, 1.807) is 6.92 Å². The third-order valence-corrected chi connectivity index (χ3v) is 4.18. The molecule has 122 valence electrons. The maximum atomic E-state index is 10.4. The van der Waals surface area contributed by atoms with Gasteiger partial charge in [-0.2, -0.15) is 0 Å². The molecule has 3 aromatic carbocycles. The Hall–Kier alpha value is -3.40. The van der Waals surface area contributed by atoms with E-state index in [1.165, 1.54) is 6.07 Å². The summed E-state index contributed by atoms with van der Waals surface area (Å²) in [5.74, 6) is 0.0479. The summed E-state index contributed by atoms with van der Waals surface area (Å²) in [7, 11) is 0. The van der Waals surface area contributed by atoms with E-state index in [0.29, 0.717) is 28.0 Å². The summed E-state index contributed by atoms with van der Waals surface area (Å²) < 4.78 is 0. The van der Waals surface area contributed by atoms with Gasteiger partial charge in [-0.3, -0.25) is 0 Å². The number of aromatic nitrogens is 2. The zero-order valence-electron chi connectivity index (χ0n) is 13.6. The molecule has 2 N–H and O–H groups in total. The number of rotatable bonds is 2. The van der Waals surface area contributed by atoms with Crippen LogP contribution in [-0.2, 0) is 0 Å². The van der Waals surface area contributed by atoms with Crippen molar-refractivity contribution in [3.05, 3.63) is 72.3 Å². The summed E-state index contributed by atoms with van der Waals surface area (Å²) in [6.07, 6.45) is 0. The molecule has 25 heavy (non-hydrogen) atoms. The minimum Gasteiger partial charge on any atom is -0.506 e. The fourth-order valence-electron chi connectivity index (χ4n) is 2.90. The molecular formula is C21H16N2O2. The number of benzene rings is 3. The predicted molar refractivity (Wildman–Crippen MR) is 98.5 cm³/mol. The average Bonchev–Trinajstić information content (AvgIpc) is 2.66. The molecule has 1 heterocycles. The van der Waals surface area contributed by atoms with Crippen LogP contribution in [0.3, 0.4) is 0 Å². The van der Waals surface area contributed by atoms with Gasteiger partial charge in [0.2, 0.25) is 0 Å². The van der Waals surface area contributed by atoms with Crippen molar-refractivity contribution in [1.82, 2.24) is 9.97 Å². The van der Waals surface area contributed by atoms with Gasteiger partial charge in [0.15, 0.2) is 0 Å². The summed E-state index contributed by atoms with van der Waals surface area (Å²) in [5, 5.41) is 20.7. The highest BCUT2D eigenvalue weighted by atomic mass is 16.3. The number of fused-ring (bicyclic) bond motifs is 1. The molecule has 0 aliphatic heterocycles. The van der Waals surface area contributed by atoms with Gasteiger partial charge < -0.3 is 10.2 Å². The Morgan fingerprint density at radius 1 is 0.680 bits per heavy atom. The summed E-state index contributed by atoms with van der Waals surface area (Å²) >= 11 is 0. The Balaban J connectivity index is 2.12. The Kier molecular flexibility index (Phi) is 3.58. The van der Waals surface area contributed by atoms with E-state index in [-0.39, 0.29) is 11.5 Å². The molecule has 4 rings (SSSR count). The minimum atomic E-state index is 0.00888. The van der Waals surface area contributed by atoms with Crippen LogP contribution in [0.2, 0.25) is 0 Å². The smallest absolute Gasteiger partial charge is 0.146 e. The number of phenols is 2. The largest absolute Gasteiger partial charge is 0.506 e. The lowest BCUT2D eigenvalue weighted by atomic mass is 10.0. The molecule has 0 saturated carbocycles. The van der Waals surface area contributed by atoms with Gasteiger partial charge in [0.1, 0.15) is 22.5 Å². The van der Waals surface area contributed by atoms with Crippen LogP contribution in [0, 0.1) is 6.92 Å². The van der Waals surface area contributed by atoms with Crippen molar-refractivity contribution in [3.63, 3.8) is 0 Å². The fraction of sp³-hybridized carbons (Fsp3) is 0.0476. The average molecular weight is 328 g/mol. The summed E-state index contributed by atoms with van der Waals surface area (Å²) in [5.41, 5.74) is 4.28. The topological polar surface area (TPSA) is 66.2 Å². The standard InChI is InChI=1S/C21H16N2O2/c1-13-12-16(24)19-20(21(13)25)23-18(15-10-6-3-7-11-15)17(22-19)14-8-4-2-5-9-14/h2-12,24-25H,1H3. The van der Waals surface area contributed by atoms with Crippen LogP contribution >= 0.6 is 0 Å². The molecular weight excluding hydrogens is 312 g/mol. The Labute approximate surface area is 145 Å². The van der Waals surface area contributed by atoms with E-state index in [1.807, 2.05) is 60.7 Å². The minimum absolute atomic E-state index is 0.00888. The van der Waals surface area contributed by atoms with Crippen molar-refractivity contribution in [3.8, 4) is 34.0 Å². The van der Waals surface area contributed by atoms with Crippen molar-refractivity contribution in [2.75, 3.05) is 0 Å². The number of aromatic hydroxyl groups is 2. The van der Waals surface area contributed by atoms with Gasteiger partial charge in [0.25, 0.3) is 0 Å². The van der Waals surface area contributed by atoms with Crippen molar-refractivity contribution >= 4 is 11.0 Å². The monoisotopic (exact) mass is 328 g/mol. The highest BCUT2D eigenvalue weighted by Crippen LogP contribution is 2.37. The van der Waals surface area contributed by atoms with E-state index in [0.717, 1.165) is 11.1 Å². The first-order chi connectivity index (χ1) is 12.1. The van der Waals surface area contributed by atoms with Gasteiger partial charge >= 0.3 is 0 Å². The lowest BCUT2D eigenvalue weighted by Gasteiger charge is -2.13. The number of hydrogen-bond donors (Lipinski definition) is 2. The molecule has 4 aromatic rings. The van der Waals surface area contributed by atoms with Gasteiger partial charge in [-0.1, -0.05) is 60.7 Å². The first kappa shape index (κ1) is 15.1. The van der Waals surface area contributed by atoms with Crippen molar-refractivity contribution in [2.45, 2.75) is 6.92 Å². The zero-order chi connectivity index (χ0) is 17.4. The Bertz CT molecular complexity index is 1060. The van der Waals surface area contributed by atoms with E-state index < -0.39 is 0 Å². The van der Waals surface area contributed by atoms with Crippen LogP contribution in [0.1, 0.15) is 5.56 Å². The molecule has 0 bridgehead atoms. The second-order valence-corrected chi connectivity index (χ2v) is 5.91. The number of phenolic OH excluding ortho intramolecular Hbond substituents is 2. The third-order valence-electron chi connectivity index (χ3n) is 4.18. The van der Waals surface area contributed by atoms with E-state index in [2.05, 4.69) is 9.97 Å². The highest BCUT2D eigenvalue weighted by molar-refractivity contribution is 5.93. The van der Waals surface area contributed by atoms with E-state index in [9.17, 15) is 10.2 Å². The van der Waals surface area contributed by atoms with Gasteiger partial charge in [0.05, 0.1) is 11.4 Å². The molecule has 0 amide bonds. The number of nitrogens with zero attached hydrogens (tertiary/aromatic N) is 2. The van der Waals surface area contributed by atoms with Crippen LogP contribution in [0.15, 0.2) is 66.7 Å². The van der Waals surface area contributed by atoms with Gasteiger partial charge in [-0.25, -0.2) is 9.97 Å². The predicted octanol–water partition coefficient (Wildman–Crippen LogP) is 4.68. The van der Waals surface area contributed by atoms with Crippen LogP contribution in [0.4, 0.5) is 0 Å². The lowest BCUT2D eigenvalue weighted by Crippen LogP contribution is -1.96. The molecule has 0 aliphatic carbocycles. The Morgan fingerprint density at radius 3 is 1.68 bits per heavy atom. The summed E-state index contributed by atoms with van der Waals surface area (Å²) in [4.78, 5) is 9.32. The van der Waals surface area contributed by atoms with Crippen LogP contribution in [0.5, 0.6) is 11.5 Å². The van der Waals surface area contributed by atoms with E-state index >= 15 is 0 Å². The molecule has 0 spiro atoms. The first-order valence-corrected chi connectivity index (χ1v) is 7.99. The maximum Gasteiger partial charge on any atom is 0.146 e. The van der Waals surface area contributed by atoms with Crippen molar-refractivity contribution in [1.29, 1.82) is 0 Å². The van der Waals surface area contributed by atoms with Gasteiger partial charge in [0, 0.05) is 11.1 Å². The number of hydrogen-bond acceptors (Lipinski definition) is 4. The Morgan fingerprint density at radius 2 is 1.16 bits per heavy atom. The third kappa shape index (κ3) is 2.58. The highest BCUT2D eigenvalue weighted by Gasteiger charge is 2.18. The maximum absolute atomic E-state index is 10.4. The van der Waals surface area contributed by atoms with Gasteiger partial charge in [-0.15, -0.1) is 0 Å². The molecule has 0 radical (unpaired) electrons. The SMILES string of the molecule is Cc1cc(O)c2nc(-c3ccccc3)c(-c3ccccc3)nc2c1O. The van der Waals surface area contributed by atoms with Crippen LogP contribution in [0.25, 0.3) is 33.5 Å². The summed E-state index contributed by atoms with van der Waals surface area (Å²) in [6.45, 7) is 1.73. The zero-order valence-corrected chi connectivity index (χ0v) is 13.6. The quantitative estimate of drug-likeness (QED) is 0.524. The molecule has 0 fully saturated rings. The first-order valence-electron chi connectivity index (χ1n) is 7.99. The molecule has 0 aliphatic rings. The molecule has 4 heteroatoms. The second kappa shape index (κ2) is 5.91.